The van der Waals surface area contributed by atoms with Crippen LogP contribution < -0.4 is 20.4 Å². The number of hydrogen-bond acceptors (Lipinski definition) is 12. The van der Waals surface area contributed by atoms with E-state index in [1.54, 1.807) is 30.3 Å². The molecule has 4 amide bonds. The van der Waals surface area contributed by atoms with E-state index in [9.17, 15) is 24.3 Å². The molecule has 7 aliphatic rings. The average molecular weight is 750 g/mol. The summed E-state index contributed by atoms with van der Waals surface area (Å²) in [6.07, 6.45) is -0.147. The van der Waals surface area contributed by atoms with Gasteiger partial charge in [0.15, 0.2) is 5.82 Å². The first kappa shape index (κ1) is 34.3. The van der Waals surface area contributed by atoms with E-state index in [-0.39, 0.29) is 42.2 Å². The van der Waals surface area contributed by atoms with Gasteiger partial charge in [0.05, 0.1) is 28.6 Å². The SMILES string of the molecule is O=C1CCC(N2C(=O)c3ccc(N4CC[C@@H](CN5C[C@@H]6C(CN7CCN8c9cc(-c%10ccccc%10O)nnc9NC[C@H]8C7)[C@@H]6C5)[C@H](F)C4)cc3C2=O)C(=O)N1. The Morgan fingerprint density at radius 1 is 0.818 bits per heavy atom. The number of nitrogens with zero attached hydrogens (tertiary/aromatic N) is 7. The fourth-order valence-electron chi connectivity index (χ4n) is 10.2. The quantitative estimate of drug-likeness (QED) is 0.304. The van der Waals surface area contributed by atoms with Crippen LogP contribution >= 0.6 is 0 Å². The molecule has 2 unspecified atom stereocenters. The van der Waals surface area contributed by atoms with E-state index in [0.29, 0.717) is 53.7 Å². The van der Waals surface area contributed by atoms with E-state index < -0.39 is 35.8 Å². The summed E-state index contributed by atoms with van der Waals surface area (Å²) in [5, 5.41) is 24.9. The lowest BCUT2D eigenvalue weighted by Crippen LogP contribution is -2.58. The number of likely N-dealkylation sites (tertiary alicyclic amines) is 1. The third kappa shape index (κ3) is 5.98. The Bertz CT molecular complexity index is 2090. The number of phenolic OH excluding ortho intramolecular Hbond substituents is 1. The maximum Gasteiger partial charge on any atom is 0.262 e. The minimum atomic E-state index is -1.02. The highest BCUT2D eigenvalue weighted by Gasteiger charge is 2.56. The number of para-hydroxylation sites is 1. The minimum Gasteiger partial charge on any atom is -0.507 e. The second kappa shape index (κ2) is 13.3. The molecule has 0 bridgehead atoms. The Kier molecular flexibility index (Phi) is 8.28. The van der Waals surface area contributed by atoms with Crippen LogP contribution in [-0.4, -0.2) is 137 Å². The fraction of sp³-hybridized carbons (Fsp3) is 0.500. The number of phenols is 1. The molecule has 5 fully saturated rings. The lowest BCUT2D eigenvalue weighted by molar-refractivity contribution is -0.136. The van der Waals surface area contributed by atoms with Crippen molar-refractivity contribution >= 4 is 40.8 Å². The largest absolute Gasteiger partial charge is 0.507 e. The van der Waals surface area contributed by atoms with Crippen molar-refractivity contribution in [2.75, 3.05) is 80.6 Å². The Labute approximate surface area is 317 Å². The molecule has 14 nitrogen and oxygen atoms in total. The molecule has 3 N–H and O–H groups in total. The van der Waals surface area contributed by atoms with Gasteiger partial charge in [0.1, 0.15) is 18.0 Å². The third-order valence-corrected chi connectivity index (χ3v) is 13.2. The summed E-state index contributed by atoms with van der Waals surface area (Å²) >= 11 is 0. The lowest BCUT2D eigenvalue weighted by Gasteiger charge is -2.46. The van der Waals surface area contributed by atoms with Gasteiger partial charge in [0, 0.05) is 89.0 Å². The molecule has 6 aliphatic heterocycles. The van der Waals surface area contributed by atoms with Crippen molar-refractivity contribution in [1.82, 2.24) is 30.2 Å². The standard InChI is InChI=1S/C40H44FN9O5/c41-31-21-48(23-5-6-25-27(13-23)40(55)50(39(25)54)33-7-8-36(52)43-38(33)53)10-9-22(31)16-47-19-29-28(30(29)20-47)18-46-11-12-49-24(17-46)15-42-37-34(49)14-32(44-45-37)26-3-1-2-4-35(26)51/h1-6,13-14,22,24,28-31,33,51H,7-12,15-21H2,(H,42,45)(H,43,52,53)/t22-,24-,28?,29-,30+,31+,33?/m0/s1. The molecule has 7 heterocycles. The van der Waals surface area contributed by atoms with E-state index in [0.717, 1.165) is 68.8 Å². The summed E-state index contributed by atoms with van der Waals surface area (Å²) in [7, 11) is 0. The number of piperidine rings is 3. The van der Waals surface area contributed by atoms with Gasteiger partial charge in [-0.05, 0) is 67.0 Å². The number of anilines is 3. The van der Waals surface area contributed by atoms with E-state index >= 15 is 4.39 Å². The molecule has 10 rings (SSSR count). The van der Waals surface area contributed by atoms with Crippen LogP contribution in [0.1, 0.15) is 40.0 Å². The normalized spacial score (nSPS) is 30.4. The number of carbonyl (C=O) groups excluding carboxylic acids is 4. The molecule has 286 valence electrons. The van der Waals surface area contributed by atoms with Crippen molar-refractivity contribution in [3.8, 4) is 17.0 Å². The number of aromatic nitrogens is 2. The number of nitrogens with one attached hydrogen (secondary N) is 2. The highest BCUT2D eigenvalue weighted by molar-refractivity contribution is 6.23. The molecular formula is C40H44FN9O5. The number of alkyl halides is 1. The summed E-state index contributed by atoms with van der Waals surface area (Å²) in [5.74, 6) is 0.813. The second-order valence-corrected chi connectivity index (χ2v) is 16.4. The van der Waals surface area contributed by atoms with Gasteiger partial charge < -0.3 is 25.1 Å². The first-order valence-corrected chi connectivity index (χ1v) is 19.6. The predicted molar refractivity (Wildman–Crippen MR) is 200 cm³/mol. The molecule has 0 spiro atoms. The number of fused-ring (bicyclic) bond motifs is 5. The topological polar surface area (TPSA) is 155 Å². The minimum absolute atomic E-state index is 0.0568. The van der Waals surface area contributed by atoms with Crippen molar-refractivity contribution in [3.05, 3.63) is 59.7 Å². The zero-order chi connectivity index (χ0) is 37.5. The number of aromatic hydroxyl groups is 1. The van der Waals surface area contributed by atoms with Gasteiger partial charge in [0.2, 0.25) is 11.8 Å². The van der Waals surface area contributed by atoms with Crippen molar-refractivity contribution < 1.29 is 28.7 Å². The number of hydrogen-bond donors (Lipinski definition) is 3. The molecule has 1 aromatic heterocycles. The molecule has 55 heavy (non-hydrogen) atoms. The van der Waals surface area contributed by atoms with Crippen molar-refractivity contribution in [2.45, 2.75) is 37.5 Å². The number of piperazine rings is 1. The molecule has 15 heteroatoms. The van der Waals surface area contributed by atoms with E-state index in [4.69, 9.17) is 0 Å². The number of halogens is 1. The second-order valence-electron chi connectivity index (χ2n) is 16.4. The number of rotatable bonds is 7. The molecule has 2 aromatic carbocycles. The van der Waals surface area contributed by atoms with Crippen LogP contribution in [0.5, 0.6) is 5.75 Å². The van der Waals surface area contributed by atoms with Gasteiger partial charge in [-0.25, -0.2) is 4.39 Å². The first-order chi connectivity index (χ1) is 26.7. The molecule has 7 atom stereocenters. The number of imide groups is 2. The zero-order valence-corrected chi connectivity index (χ0v) is 30.4. The van der Waals surface area contributed by atoms with Crippen molar-refractivity contribution in [1.29, 1.82) is 0 Å². The molecular weight excluding hydrogens is 705 g/mol. The Hall–Kier alpha value is -5.15. The van der Waals surface area contributed by atoms with Gasteiger partial charge >= 0.3 is 0 Å². The van der Waals surface area contributed by atoms with Gasteiger partial charge in [0.25, 0.3) is 11.8 Å². The molecule has 1 aliphatic carbocycles. The monoisotopic (exact) mass is 749 g/mol. The number of amides is 4. The van der Waals surface area contributed by atoms with Crippen LogP contribution in [0.4, 0.5) is 21.6 Å². The summed E-state index contributed by atoms with van der Waals surface area (Å²) in [5.41, 5.74) is 3.52. The maximum absolute atomic E-state index is 15.8. The Morgan fingerprint density at radius 2 is 1.64 bits per heavy atom. The van der Waals surface area contributed by atoms with E-state index in [1.807, 2.05) is 23.1 Å². The van der Waals surface area contributed by atoms with Gasteiger partial charge in [-0.2, -0.15) is 0 Å². The van der Waals surface area contributed by atoms with E-state index in [1.165, 1.54) is 0 Å². The fourth-order valence-corrected chi connectivity index (χ4v) is 10.2. The summed E-state index contributed by atoms with van der Waals surface area (Å²) in [6.45, 7) is 8.48. The van der Waals surface area contributed by atoms with Crippen LogP contribution in [0.25, 0.3) is 11.3 Å². The highest BCUT2D eigenvalue weighted by Crippen LogP contribution is 2.52. The number of benzene rings is 2. The van der Waals surface area contributed by atoms with Gasteiger partial charge in [-0.1, -0.05) is 12.1 Å². The molecule has 4 saturated heterocycles. The third-order valence-electron chi connectivity index (χ3n) is 13.2. The predicted octanol–water partition coefficient (Wildman–Crippen LogP) is 2.21. The zero-order valence-electron chi connectivity index (χ0n) is 30.4. The first-order valence-electron chi connectivity index (χ1n) is 19.6. The molecule has 1 saturated carbocycles. The van der Waals surface area contributed by atoms with Crippen molar-refractivity contribution in [2.24, 2.45) is 23.7 Å². The average Bonchev–Trinajstić information content (AvgIpc) is 3.49. The molecule has 3 aromatic rings. The highest BCUT2D eigenvalue weighted by atomic mass is 19.1. The Morgan fingerprint density at radius 3 is 2.44 bits per heavy atom. The number of carbonyl (C=O) groups is 4. The van der Waals surface area contributed by atoms with Crippen LogP contribution in [0, 0.1) is 23.7 Å². The maximum atomic E-state index is 15.8. The lowest BCUT2D eigenvalue weighted by atomic mass is 9.93. The van der Waals surface area contributed by atoms with Gasteiger partial charge in [-0.15, -0.1) is 10.2 Å². The summed E-state index contributed by atoms with van der Waals surface area (Å²) in [4.78, 5) is 60.9. The van der Waals surface area contributed by atoms with Crippen LogP contribution in [0.3, 0.4) is 0 Å². The molecule has 0 radical (unpaired) electrons. The van der Waals surface area contributed by atoms with E-state index in [2.05, 4.69) is 35.5 Å². The summed E-state index contributed by atoms with van der Waals surface area (Å²) in [6, 6.07) is 13.6. The summed E-state index contributed by atoms with van der Waals surface area (Å²) < 4.78 is 15.8. The smallest absolute Gasteiger partial charge is 0.262 e. The van der Waals surface area contributed by atoms with Crippen LogP contribution in [-0.2, 0) is 9.59 Å². The van der Waals surface area contributed by atoms with Crippen molar-refractivity contribution in [3.63, 3.8) is 0 Å². The van der Waals surface area contributed by atoms with Crippen LogP contribution in [0.15, 0.2) is 48.5 Å². The van der Waals surface area contributed by atoms with Gasteiger partial charge in [-0.3, -0.25) is 34.3 Å². The van der Waals surface area contributed by atoms with Crippen LogP contribution in [0.2, 0.25) is 0 Å². The Balaban J connectivity index is 0.701.